The largest absolute Gasteiger partial charge is 0.479 e. The lowest BCUT2D eigenvalue weighted by molar-refractivity contribution is -0.176. The van der Waals surface area contributed by atoms with Gasteiger partial charge in [-0.25, -0.2) is 4.79 Å². The highest BCUT2D eigenvalue weighted by Gasteiger charge is 2.46. The second kappa shape index (κ2) is 4.28. The number of carbonyl (C=O) groups is 2. The summed E-state index contributed by atoms with van der Waals surface area (Å²) in [7, 11) is 0. The molecule has 0 spiro atoms. The van der Waals surface area contributed by atoms with Crippen LogP contribution in [0.25, 0.3) is 0 Å². The normalized spacial score (nSPS) is 25.4. The molecular formula is C8H10F3NO4. The maximum absolute atomic E-state index is 11.8. The SMILES string of the molecule is O=C(NCC1(C(=O)O)CCCO1)C(F)(F)F. The number of nitrogens with one attached hydrogen (secondary N) is 1. The van der Waals surface area contributed by atoms with Gasteiger partial charge < -0.3 is 15.2 Å². The minimum Gasteiger partial charge on any atom is -0.479 e. The molecule has 92 valence electrons. The third-order valence-corrected chi connectivity index (χ3v) is 2.29. The van der Waals surface area contributed by atoms with E-state index in [4.69, 9.17) is 9.84 Å². The standard InChI is InChI=1S/C8H10F3NO4/c9-8(10,11)5(13)12-4-7(6(14)15)2-1-3-16-7/h1-4H2,(H,12,13)(H,14,15). The minimum absolute atomic E-state index is 0.0838. The molecule has 1 atom stereocenters. The molecule has 16 heavy (non-hydrogen) atoms. The summed E-state index contributed by atoms with van der Waals surface area (Å²) in [5, 5.41) is 10.3. The first-order valence-corrected chi connectivity index (χ1v) is 4.50. The number of ether oxygens (including phenoxy) is 1. The van der Waals surface area contributed by atoms with Gasteiger partial charge in [0.25, 0.3) is 0 Å². The Balaban J connectivity index is 2.59. The molecule has 0 bridgehead atoms. The van der Waals surface area contributed by atoms with Crippen molar-refractivity contribution in [2.45, 2.75) is 24.6 Å². The number of hydrogen-bond acceptors (Lipinski definition) is 3. The number of rotatable bonds is 3. The van der Waals surface area contributed by atoms with E-state index in [1.807, 2.05) is 0 Å². The lowest BCUT2D eigenvalue weighted by atomic mass is 10.0. The fraction of sp³-hybridized carbons (Fsp3) is 0.750. The first-order chi connectivity index (χ1) is 7.28. The predicted octanol–water partition coefficient (Wildman–Crippen LogP) is 0.299. The van der Waals surface area contributed by atoms with Gasteiger partial charge in [-0.3, -0.25) is 4.79 Å². The second-order valence-electron chi connectivity index (χ2n) is 3.43. The van der Waals surface area contributed by atoms with Crippen molar-refractivity contribution in [2.75, 3.05) is 13.2 Å². The molecule has 8 heteroatoms. The van der Waals surface area contributed by atoms with Crippen LogP contribution < -0.4 is 5.32 Å². The Morgan fingerprint density at radius 3 is 2.44 bits per heavy atom. The summed E-state index contributed by atoms with van der Waals surface area (Å²) in [4.78, 5) is 21.3. The van der Waals surface area contributed by atoms with E-state index < -0.39 is 30.2 Å². The van der Waals surface area contributed by atoms with Gasteiger partial charge in [-0.1, -0.05) is 0 Å². The summed E-state index contributed by atoms with van der Waals surface area (Å²) >= 11 is 0. The molecule has 1 rings (SSSR count). The molecule has 1 aliphatic rings. The number of alkyl halides is 3. The fourth-order valence-corrected chi connectivity index (χ4v) is 1.40. The van der Waals surface area contributed by atoms with Crippen molar-refractivity contribution < 1.29 is 32.6 Å². The highest BCUT2D eigenvalue weighted by Crippen LogP contribution is 2.25. The van der Waals surface area contributed by atoms with Crippen LogP contribution in [0.15, 0.2) is 0 Å². The summed E-state index contributed by atoms with van der Waals surface area (Å²) in [6, 6.07) is 0. The van der Waals surface area contributed by atoms with E-state index in [0.29, 0.717) is 6.42 Å². The van der Waals surface area contributed by atoms with Gasteiger partial charge in [0, 0.05) is 6.61 Å². The first-order valence-electron chi connectivity index (χ1n) is 4.50. The van der Waals surface area contributed by atoms with Gasteiger partial charge in [0.15, 0.2) is 5.60 Å². The molecule has 1 aliphatic heterocycles. The Hall–Kier alpha value is -1.31. The Morgan fingerprint density at radius 1 is 1.44 bits per heavy atom. The number of carboxylic acid groups (broad SMARTS) is 1. The molecule has 0 aromatic carbocycles. The minimum atomic E-state index is -5.02. The van der Waals surface area contributed by atoms with Gasteiger partial charge in [-0.2, -0.15) is 13.2 Å². The van der Waals surface area contributed by atoms with Gasteiger partial charge in [0.1, 0.15) is 0 Å². The zero-order valence-corrected chi connectivity index (χ0v) is 8.13. The Kier molecular flexibility index (Phi) is 3.41. The molecule has 2 N–H and O–H groups in total. The van der Waals surface area contributed by atoms with Crippen LogP contribution in [0.3, 0.4) is 0 Å². The van der Waals surface area contributed by atoms with Crippen molar-refractivity contribution in [1.29, 1.82) is 0 Å². The zero-order chi connectivity index (χ0) is 12.4. The van der Waals surface area contributed by atoms with Gasteiger partial charge in [-0.15, -0.1) is 0 Å². The molecule has 0 aliphatic carbocycles. The number of carbonyl (C=O) groups excluding carboxylic acids is 1. The van der Waals surface area contributed by atoms with Crippen LogP contribution in [0.1, 0.15) is 12.8 Å². The highest BCUT2D eigenvalue weighted by molar-refractivity contribution is 5.83. The molecule has 1 amide bonds. The van der Waals surface area contributed by atoms with E-state index in [2.05, 4.69) is 0 Å². The van der Waals surface area contributed by atoms with Gasteiger partial charge in [0.2, 0.25) is 0 Å². The van der Waals surface area contributed by atoms with Crippen molar-refractivity contribution in [1.82, 2.24) is 5.32 Å². The van der Waals surface area contributed by atoms with Crippen molar-refractivity contribution >= 4 is 11.9 Å². The monoisotopic (exact) mass is 241 g/mol. The van der Waals surface area contributed by atoms with E-state index in [1.165, 1.54) is 5.32 Å². The van der Waals surface area contributed by atoms with Crippen LogP contribution in [-0.4, -0.2) is 41.9 Å². The molecule has 1 unspecified atom stereocenters. The summed E-state index contributed by atoms with van der Waals surface area (Å²) in [6.07, 6.45) is -4.49. The van der Waals surface area contributed by atoms with Crippen LogP contribution in [0.4, 0.5) is 13.2 Å². The second-order valence-corrected chi connectivity index (χ2v) is 3.43. The topological polar surface area (TPSA) is 75.6 Å². The van der Waals surface area contributed by atoms with E-state index in [9.17, 15) is 22.8 Å². The number of aliphatic carboxylic acids is 1. The van der Waals surface area contributed by atoms with Crippen molar-refractivity contribution in [2.24, 2.45) is 0 Å². The molecule has 0 radical (unpaired) electrons. The molecule has 0 aromatic rings. The smallest absolute Gasteiger partial charge is 0.471 e. The number of amides is 1. The average molecular weight is 241 g/mol. The van der Waals surface area contributed by atoms with Gasteiger partial charge >= 0.3 is 18.1 Å². The van der Waals surface area contributed by atoms with Crippen LogP contribution in [-0.2, 0) is 14.3 Å². The third-order valence-electron chi connectivity index (χ3n) is 2.29. The van der Waals surface area contributed by atoms with Crippen molar-refractivity contribution in [3.63, 3.8) is 0 Å². The quantitative estimate of drug-likeness (QED) is 0.745. The molecular weight excluding hydrogens is 231 g/mol. The third kappa shape index (κ3) is 2.63. The van der Waals surface area contributed by atoms with Crippen molar-refractivity contribution in [3.05, 3.63) is 0 Å². The Labute approximate surface area is 88.6 Å². The average Bonchev–Trinajstić information content (AvgIpc) is 2.62. The molecule has 0 saturated carbocycles. The lowest BCUT2D eigenvalue weighted by Crippen LogP contribution is -2.51. The maximum atomic E-state index is 11.8. The number of hydrogen-bond donors (Lipinski definition) is 2. The maximum Gasteiger partial charge on any atom is 0.471 e. The fourth-order valence-electron chi connectivity index (χ4n) is 1.40. The molecule has 1 saturated heterocycles. The van der Waals surface area contributed by atoms with Crippen LogP contribution >= 0.6 is 0 Å². The summed E-state index contributed by atoms with van der Waals surface area (Å²) in [5.74, 6) is -3.53. The lowest BCUT2D eigenvalue weighted by Gasteiger charge is -2.23. The number of carboxylic acids is 1. The van der Waals surface area contributed by atoms with E-state index in [0.717, 1.165) is 0 Å². The van der Waals surface area contributed by atoms with E-state index >= 15 is 0 Å². The van der Waals surface area contributed by atoms with Crippen molar-refractivity contribution in [3.8, 4) is 0 Å². The molecule has 1 fully saturated rings. The Bertz CT molecular complexity index is 296. The summed E-state index contributed by atoms with van der Waals surface area (Å²) in [6.45, 7) is -0.519. The van der Waals surface area contributed by atoms with Crippen LogP contribution in [0.2, 0.25) is 0 Å². The Morgan fingerprint density at radius 2 is 2.06 bits per heavy atom. The van der Waals surface area contributed by atoms with E-state index in [-0.39, 0.29) is 13.0 Å². The first kappa shape index (κ1) is 12.8. The molecule has 5 nitrogen and oxygen atoms in total. The van der Waals surface area contributed by atoms with Gasteiger partial charge in [-0.05, 0) is 12.8 Å². The predicted molar refractivity (Wildman–Crippen MR) is 44.6 cm³/mol. The summed E-state index contributed by atoms with van der Waals surface area (Å²) < 4.78 is 40.4. The molecule has 1 heterocycles. The summed E-state index contributed by atoms with van der Waals surface area (Å²) in [5.41, 5.74) is -1.72. The highest BCUT2D eigenvalue weighted by atomic mass is 19.4. The number of halogens is 3. The van der Waals surface area contributed by atoms with E-state index in [1.54, 1.807) is 0 Å². The van der Waals surface area contributed by atoms with Gasteiger partial charge in [0.05, 0.1) is 6.54 Å². The molecule has 0 aromatic heterocycles. The van der Waals surface area contributed by atoms with Crippen LogP contribution in [0, 0.1) is 0 Å². The zero-order valence-electron chi connectivity index (χ0n) is 8.13. The van der Waals surface area contributed by atoms with Crippen LogP contribution in [0.5, 0.6) is 0 Å².